The number of rotatable bonds is 6. The Labute approximate surface area is 215 Å². The lowest BCUT2D eigenvalue weighted by atomic mass is 10.0. The van der Waals surface area contributed by atoms with E-state index in [2.05, 4.69) is 10.2 Å². The molecule has 2 aliphatic heterocycles. The first-order valence-electron chi connectivity index (χ1n) is 11.3. The van der Waals surface area contributed by atoms with Crippen molar-refractivity contribution in [3.8, 4) is 22.9 Å². The Morgan fingerprint density at radius 1 is 1.36 bits per heavy atom. The highest BCUT2D eigenvalue weighted by Gasteiger charge is 2.35. The average Bonchev–Trinajstić information content (AvgIpc) is 3.52. The van der Waals surface area contributed by atoms with E-state index in [9.17, 15) is 14.7 Å². The zero-order valence-corrected chi connectivity index (χ0v) is 20.6. The van der Waals surface area contributed by atoms with Gasteiger partial charge in [0.05, 0.1) is 46.4 Å². The summed E-state index contributed by atoms with van der Waals surface area (Å²) in [5.41, 5.74) is 2.23. The summed E-state index contributed by atoms with van der Waals surface area (Å²) in [5.74, 6) is 0.140. The highest BCUT2D eigenvalue weighted by molar-refractivity contribution is 6.46. The zero-order chi connectivity index (χ0) is 25.4. The lowest BCUT2D eigenvalue weighted by Gasteiger charge is -2.34. The second-order valence-electron chi connectivity index (χ2n) is 8.51. The number of halogens is 2. The lowest BCUT2D eigenvalue weighted by molar-refractivity contribution is -0.0286. The molecule has 36 heavy (non-hydrogen) atoms. The molecule has 13 heteroatoms. The van der Waals surface area contributed by atoms with E-state index < -0.39 is 6.09 Å². The van der Waals surface area contributed by atoms with Gasteiger partial charge in [-0.2, -0.15) is 10.4 Å². The SMILES string of the molecule is N#CCOc1cc(Cl)c(Cl)c2c1c(-c1cn[nH]c1)c1n2CCN(CCC2CN(C(=O)O)CCO2)C1=O. The predicted octanol–water partition coefficient (Wildman–Crippen LogP) is 3.47. The second kappa shape index (κ2) is 9.89. The Bertz CT molecular complexity index is 1370. The summed E-state index contributed by atoms with van der Waals surface area (Å²) < 4.78 is 13.3. The number of nitrogens with one attached hydrogen (secondary N) is 1. The first-order chi connectivity index (χ1) is 17.4. The van der Waals surface area contributed by atoms with Crippen LogP contribution < -0.4 is 4.74 Å². The summed E-state index contributed by atoms with van der Waals surface area (Å²) >= 11 is 13.0. The molecule has 0 aliphatic carbocycles. The fourth-order valence-corrected chi connectivity index (χ4v) is 5.28. The molecule has 2 amide bonds. The molecule has 188 valence electrons. The predicted molar refractivity (Wildman–Crippen MR) is 131 cm³/mol. The summed E-state index contributed by atoms with van der Waals surface area (Å²) in [6, 6.07) is 3.51. The van der Waals surface area contributed by atoms with Gasteiger partial charge in [0.25, 0.3) is 5.91 Å². The van der Waals surface area contributed by atoms with E-state index in [1.165, 1.54) is 4.90 Å². The Hall–Kier alpha value is -3.46. The third-order valence-corrected chi connectivity index (χ3v) is 7.26. The maximum absolute atomic E-state index is 13.8. The van der Waals surface area contributed by atoms with Gasteiger partial charge in [0, 0.05) is 49.6 Å². The molecule has 1 saturated heterocycles. The van der Waals surface area contributed by atoms with Crippen molar-refractivity contribution < 1.29 is 24.2 Å². The van der Waals surface area contributed by atoms with Crippen molar-refractivity contribution in [1.82, 2.24) is 24.6 Å². The quantitative estimate of drug-likeness (QED) is 0.495. The smallest absolute Gasteiger partial charge is 0.407 e. The Morgan fingerprint density at radius 2 is 2.19 bits per heavy atom. The Morgan fingerprint density at radius 3 is 2.92 bits per heavy atom. The minimum Gasteiger partial charge on any atom is -0.478 e. The van der Waals surface area contributed by atoms with Crippen LogP contribution in [0.25, 0.3) is 22.0 Å². The number of aromatic amines is 1. The van der Waals surface area contributed by atoms with Crippen LogP contribution in [0.15, 0.2) is 18.5 Å². The van der Waals surface area contributed by atoms with Gasteiger partial charge in [0.2, 0.25) is 0 Å². The number of hydrogen-bond donors (Lipinski definition) is 2. The summed E-state index contributed by atoms with van der Waals surface area (Å²) in [4.78, 5) is 28.2. The van der Waals surface area contributed by atoms with E-state index in [1.54, 1.807) is 23.4 Å². The summed E-state index contributed by atoms with van der Waals surface area (Å²) in [6.07, 6.45) is 2.52. The van der Waals surface area contributed by atoms with E-state index >= 15 is 0 Å². The Kier molecular flexibility index (Phi) is 6.66. The maximum Gasteiger partial charge on any atom is 0.407 e. The van der Waals surface area contributed by atoms with Crippen molar-refractivity contribution in [3.63, 3.8) is 0 Å². The molecule has 11 nitrogen and oxygen atoms in total. The molecule has 0 radical (unpaired) electrons. The number of morpholine rings is 1. The molecule has 1 unspecified atom stereocenters. The highest BCUT2D eigenvalue weighted by atomic mass is 35.5. The second-order valence-corrected chi connectivity index (χ2v) is 9.29. The van der Waals surface area contributed by atoms with Crippen molar-refractivity contribution >= 4 is 46.1 Å². The van der Waals surface area contributed by atoms with E-state index in [1.807, 2.05) is 10.6 Å². The molecule has 5 rings (SSSR count). The van der Waals surface area contributed by atoms with Gasteiger partial charge in [0.1, 0.15) is 17.5 Å². The number of hydrogen-bond acceptors (Lipinski definition) is 6. The van der Waals surface area contributed by atoms with Crippen molar-refractivity contribution in [2.75, 3.05) is 39.4 Å². The largest absolute Gasteiger partial charge is 0.478 e. The Balaban J connectivity index is 1.53. The van der Waals surface area contributed by atoms with Gasteiger partial charge in [-0.25, -0.2) is 4.79 Å². The van der Waals surface area contributed by atoms with Crippen molar-refractivity contribution in [2.24, 2.45) is 0 Å². The van der Waals surface area contributed by atoms with E-state index in [-0.39, 0.29) is 35.2 Å². The number of fused-ring (bicyclic) bond motifs is 3. The number of aromatic nitrogens is 3. The van der Waals surface area contributed by atoms with Crippen LogP contribution in [0.5, 0.6) is 5.75 Å². The number of nitrogens with zero attached hydrogens (tertiary/aromatic N) is 5. The maximum atomic E-state index is 13.8. The van der Waals surface area contributed by atoms with Crippen LogP contribution in [-0.2, 0) is 11.3 Å². The van der Waals surface area contributed by atoms with Crippen LogP contribution in [0.4, 0.5) is 4.79 Å². The summed E-state index contributed by atoms with van der Waals surface area (Å²) in [5, 5.41) is 26.3. The van der Waals surface area contributed by atoms with Crippen molar-refractivity contribution in [1.29, 1.82) is 5.26 Å². The fraction of sp³-hybridized carbons (Fsp3) is 0.391. The number of carbonyl (C=O) groups is 2. The molecule has 0 saturated carbocycles. The molecule has 1 aromatic carbocycles. The van der Waals surface area contributed by atoms with Crippen molar-refractivity contribution in [3.05, 3.63) is 34.2 Å². The number of benzene rings is 1. The first-order valence-corrected chi connectivity index (χ1v) is 12.1. The van der Waals surface area contributed by atoms with Gasteiger partial charge in [-0.15, -0.1) is 0 Å². The molecule has 2 aliphatic rings. The third-order valence-electron chi connectivity index (χ3n) is 6.48. The van der Waals surface area contributed by atoms with Crippen LogP contribution in [-0.4, -0.2) is 87.2 Å². The normalized spacial score (nSPS) is 17.8. The number of nitriles is 1. The van der Waals surface area contributed by atoms with Gasteiger partial charge in [0.15, 0.2) is 6.61 Å². The molecule has 1 atom stereocenters. The average molecular weight is 533 g/mol. The summed E-state index contributed by atoms with van der Waals surface area (Å²) in [6.45, 7) is 2.01. The third kappa shape index (κ3) is 4.21. The zero-order valence-electron chi connectivity index (χ0n) is 19.0. The van der Waals surface area contributed by atoms with E-state index in [0.717, 1.165) is 0 Å². The molecular weight excluding hydrogens is 511 g/mol. The minimum absolute atomic E-state index is 0.201. The fourth-order valence-electron chi connectivity index (χ4n) is 4.84. The lowest BCUT2D eigenvalue weighted by Crippen LogP contribution is -2.47. The number of H-pyrrole nitrogens is 1. The molecule has 0 bridgehead atoms. The molecule has 1 fully saturated rings. The van der Waals surface area contributed by atoms with E-state index in [0.29, 0.717) is 72.7 Å². The number of ether oxygens (including phenoxy) is 2. The molecular formula is C23H22Cl2N6O5. The highest BCUT2D eigenvalue weighted by Crippen LogP contribution is 2.47. The van der Waals surface area contributed by atoms with Crippen LogP contribution in [0.2, 0.25) is 10.0 Å². The van der Waals surface area contributed by atoms with Gasteiger partial charge in [-0.05, 0) is 6.42 Å². The van der Waals surface area contributed by atoms with Crippen LogP contribution in [0.3, 0.4) is 0 Å². The molecule has 4 heterocycles. The number of carboxylic acid groups (broad SMARTS) is 1. The molecule has 2 aromatic heterocycles. The molecule has 2 N–H and O–H groups in total. The molecule has 0 spiro atoms. The topological polar surface area (TPSA) is 137 Å². The van der Waals surface area contributed by atoms with Gasteiger partial charge in [-0.1, -0.05) is 23.2 Å². The van der Waals surface area contributed by atoms with E-state index in [4.69, 9.17) is 37.9 Å². The number of carbonyl (C=O) groups excluding carboxylic acids is 1. The van der Waals surface area contributed by atoms with Crippen molar-refractivity contribution in [2.45, 2.75) is 19.1 Å². The van der Waals surface area contributed by atoms with Crippen LogP contribution in [0, 0.1) is 11.3 Å². The van der Waals surface area contributed by atoms with Crippen LogP contribution >= 0.6 is 23.2 Å². The minimum atomic E-state index is -0.975. The van der Waals surface area contributed by atoms with Gasteiger partial charge in [-0.3, -0.25) is 9.89 Å². The standard InChI is InChI=1S/C23H22Cl2N6O5/c24-15-9-16(36-7-2-26)18-17(13-10-27-28-11-13)21-22(32)29(4-5-31(21)20(18)19(15)25)3-1-14-12-30(23(33)34)6-8-35-14/h9-11,14H,1,3-8,12H2,(H,27,28)(H,33,34). The van der Waals surface area contributed by atoms with Gasteiger partial charge < -0.3 is 28.9 Å². The van der Waals surface area contributed by atoms with Gasteiger partial charge >= 0.3 is 6.09 Å². The molecule has 3 aromatic rings. The monoisotopic (exact) mass is 532 g/mol. The number of amides is 2. The first kappa shape index (κ1) is 24.2. The summed E-state index contributed by atoms with van der Waals surface area (Å²) in [7, 11) is 0. The van der Waals surface area contributed by atoms with Crippen LogP contribution in [0.1, 0.15) is 16.9 Å².